The van der Waals surface area contributed by atoms with Crippen LogP contribution < -0.4 is 10.2 Å². The molecule has 0 unspecified atom stereocenters. The first-order chi connectivity index (χ1) is 12.9. The van der Waals surface area contributed by atoms with Crippen molar-refractivity contribution in [2.75, 3.05) is 36.4 Å². The third kappa shape index (κ3) is 4.55. The molecular weight excluding hydrogens is 359 g/mol. The Morgan fingerprint density at radius 1 is 1.11 bits per heavy atom. The summed E-state index contributed by atoms with van der Waals surface area (Å²) in [6, 6.07) is 6.42. The second-order valence-electron chi connectivity index (χ2n) is 5.96. The van der Waals surface area contributed by atoms with Crippen LogP contribution in [0.4, 0.5) is 30.6 Å². The van der Waals surface area contributed by atoms with Gasteiger partial charge in [-0.2, -0.15) is 18.2 Å². The van der Waals surface area contributed by atoms with E-state index in [1.54, 1.807) is 17.2 Å². The van der Waals surface area contributed by atoms with E-state index in [1.165, 1.54) is 18.2 Å². The molecule has 1 amide bonds. The lowest BCUT2D eigenvalue weighted by atomic mass is 10.2. The van der Waals surface area contributed by atoms with Gasteiger partial charge in [0.2, 0.25) is 11.9 Å². The summed E-state index contributed by atoms with van der Waals surface area (Å²) in [5, 5.41) is 2.90. The highest BCUT2D eigenvalue weighted by Crippen LogP contribution is 2.30. The van der Waals surface area contributed by atoms with Gasteiger partial charge in [0.05, 0.1) is 5.56 Å². The van der Waals surface area contributed by atoms with E-state index in [0.717, 1.165) is 12.1 Å². The number of piperazine rings is 1. The Morgan fingerprint density at radius 3 is 2.37 bits per heavy atom. The van der Waals surface area contributed by atoms with Crippen LogP contribution in [0.1, 0.15) is 5.56 Å². The predicted octanol–water partition coefficient (Wildman–Crippen LogP) is 3.07. The Hall–Kier alpha value is -3.10. The Kier molecular flexibility index (Phi) is 5.29. The van der Waals surface area contributed by atoms with Gasteiger partial charge in [-0.25, -0.2) is 4.98 Å². The number of nitrogens with one attached hydrogen (secondary N) is 1. The van der Waals surface area contributed by atoms with Crippen molar-refractivity contribution in [1.82, 2.24) is 14.9 Å². The lowest BCUT2D eigenvalue weighted by Gasteiger charge is -2.34. The number of amides is 1. The molecule has 1 aromatic carbocycles. The quantitative estimate of drug-likeness (QED) is 0.830. The van der Waals surface area contributed by atoms with Crippen LogP contribution in [-0.4, -0.2) is 47.0 Å². The third-order valence-electron chi connectivity index (χ3n) is 4.20. The maximum Gasteiger partial charge on any atom is 0.416 e. The molecule has 1 N–H and O–H groups in total. The first-order valence-electron chi connectivity index (χ1n) is 8.30. The van der Waals surface area contributed by atoms with Crippen molar-refractivity contribution < 1.29 is 18.0 Å². The fraction of sp³-hybridized carbons (Fsp3) is 0.278. The zero-order valence-corrected chi connectivity index (χ0v) is 14.4. The number of aromatic nitrogens is 2. The van der Waals surface area contributed by atoms with E-state index in [0.29, 0.717) is 37.7 Å². The van der Waals surface area contributed by atoms with Crippen molar-refractivity contribution >= 4 is 23.4 Å². The SMILES string of the molecule is C=CC(=O)N1CCN(c2ccnc(Nc3ccc(C(F)(F)F)cc3)n2)CC1. The molecule has 2 aromatic rings. The normalized spacial score (nSPS) is 14.8. The van der Waals surface area contributed by atoms with E-state index in [1.807, 2.05) is 4.90 Å². The lowest BCUT2D eigenvalue weighted by molar-refractivity contribution is -0.137. The summed E-state index contributed by atoms with van der Waals surface area (Å²) in [4.78, 5) is 23.9. The number of benzene rings is 1. The summed E-state index contributed by atoms with van der Waals surface area (Å²) in [7, 11) is 0. The van der Waals surface area contributed by atoms with Gasteiger partial charge < -0.3 is 15.1 Å². The van der Waals surface area contributed by atoms with Gasteiger partial charge in [-0.3, -0.25) is 4.79 Å². The predicted molar refractivity (Wildman–Crippen MR) is 95.7 cm³/mol. The molecule has 0 spiro atoms. The molecule has 0 bridgehead atoms. The number of nitrogens with zero attached hydrogens (tertiary/aromatic N) is 4. The second-order valence-corrected chi connectivity index (χ2v) is 5.96. The molecule has 0 atom stereocenters. The largest absolute Gasteiger partial charge is 0.416 e. The molecule has 3 rings (SSSR count). The van der Waals surface area contributed by atoms with E-state index >= 15 is 0 Å². The van der Waals surface area contributed by atoms with Crippen LogP contribution in [0.5, 0.6) is 0 Å². The monoisotopic (exact) mass is 377 g/mol. The van der Waals surface area contributed by atoms with Crippen LogP contribution in [0.3, 0.4) is 0 Å². The highest BCUT2D eigenvalue weighted by atomic mass is 19.4. The highest BCUT2D eigenvalue weighted by Gasteiger charge is 2.30. The van der Waals surface area contributed by atoms with Crippen LogP contribution in [0.15, 0.2) is 49.2 Å². The van der Waals surface area contributed by atoms with E-state index in [-0.39, 0.29) is 11.9 Å². The molecule has 0 saturated carbocycles. The molecular formula is C18H18F3N5O. The molecule has 6 nitrogen and oxygen atoms in total. The molecule has 1 saturated heterocycles. The summed E-state index contributed by atoms with van der Waals surface area (Å²) in [5.41, 5.74) is -0.254. The Morgan fingerprint density at radius 2 is 1.78 bits per heavy atom. The van der Waals surface area contributed by atoms with Gasteiger partial charge in [-0.15, -0.1) is 0 Å². The van der Waals surface area contributed by atoms with E-state index in [9.17, 15) is 18.0 Å². The minimum absolute atomic E-state index is 0.0954. The van der Waals surface area contributed by atoms with Crippen molar-refractivity contribution in [2.45, 2.75) is 6.18 Å². The molecule has 142 valence electrons. The smallest absolute Gasteiger partial charge is 0.353 e. The fourth-order valence-corrected chi connectivity index (χ4v) is 2.74. The first-order valence-corrected chi connectivity index (χ1v) is 8.30. The third-order valence-corrected chi connectivity index (χ3v) is 4.20. The second kappa shape index (κ2) is 7.65. The number of carbonyl (C=O) groups is 1. The van der Waals surface area contributed by atoms with Gasteiger partial charge in [0, 0.05) is 38.1 Å². The zero-order chi connectivity index (χ0) is 19.4. The summed E-state index contributed by atoms with van der Waals surface area (Å²) in [6.45, 7) is 5.86. The molecule has 0 aliphatic carbocycles. The van der Waals surface area contributed by atoms with Crippen LogP contribution in [-0.2, 0) is 11.0 Å². The number of rotatable bonds is 4. The standard InChI is InChI=1S/C18H18F3N5O/c1-2-16(27)26-11-9-25(10-12-26)15-7-8-22-17(24-15)23-14-5-3-13(4-6-14)18(19,20)21/h2-8H,1,9-12H2,(H,22,23,24). The maximum atomic E-state index is 12.6. The van der Waals surface area contributed by atoms with Crippen molar-refractivity contribution in [3.05, 3.63) is 54.7 Å². The minimum Gasteiger partial charge on any atom is -0.353 e. The average Bonchev–Trinajstić information content (AvgIpc) is 2.67. The van der Waals surface area contributed by atoms with Crippen molar-refractivity contribution in [3.8, 4) is 0 Å². The van der Waals surface area contributed by atoms with Gasteiger partial charge in [0.15, 0.2) is 0 Å². The summed E-state index contributed by atoms with van der Waals surface area (Å²) >= 11 is 0. The lowest BCUT2D eigenvalue weighted by Crippen LogP contribution is -2.48. The van der Waals surface area contributed by atoms with Crippen LogP contribution in [0.25, 0.3) is 0 Å². The number of halogens is 3. The van der Waals surface area contributed by atoms with Crippen LogP contribution in [0.2, 0.25) is 0 Å². The Bertz CT molecular complexity index is 814. The number of anilines is 3. The summed E-state index contributed by atoms with van der Waals surface area (Å²) < 4.78 is 37.9. The highest BCUT2D eigenvalue weighted by molar-refractivity contribution is 5.87. The molecule has 1 aromatic heterocycles. The van der Waals surface area contributed by atoms with E-state index in [4.69, 9.17) is 0 Å². The van der Waals surface area contributed by atoms with Crippen LogP contribution >= 0.6 is 0 Å². The molecule has 1 aliphatic rings. The van der Waals surface area contributed by atoms with Gasteiger partial charge in [0.1, 0.15) is 5.82 Å². The van der Waals surface area contributed by atoms with E-state index in [2.05, 4.69) is 21.9 Å². The minimum atomic E-state index is -4.37. The van der Waals surface area contributed by atoms with Gasteiger partial charge >= 0.3 is 6.18 Å². The van der Waals surface area contributed by atoms with Crippen molar-refractivity contribution in [3.63, 3.8) is 0 Å². The molecule has 0 radical (unpaired) electrons. The topological polar surface area (TPSA) is 61.4 Å². The molecule has 2 heterocycles. The first kappa shape index (κ1) is 18.7. The Balaban J connectivity index is 1.66. The number of carbonyl (C=O) groups excluding carboxylic acids is 1. The van der Waals surface area contributed by atoms with Gasteiger partial charge in [0.25, 0.3) is 0 Å². The molecule has 1 aliphatic heterocycles. The number of hydrogen-bond donors (Lipinski definition) is 1. The zero-order valence-electron chi connectivity index (χ0n) is 14.4. The van der Waals surface area contributed by atoms with Crippen molar-refractivity contribution in [1.29, 1.82) is 0 Å². The number of alkyl halides is 3. The number of hydrogen-bond acceptors (Lipinski definition) is 5. The average molecular weight is 377 g/mol. The molecule has 9 heteroatoms. The van der Waals surface area contributed by atoms with Crippen LogP contribution in [0, 0.1) is 0 Å². The fourth-order valence-electron chi connectivity index (χ4n) is 2.74. The molecule has 27 heavy (non-hydrogen) atoms. The molecule has 1 fully saturated rings. The summed E-state index contributed by atoms with van der Waals surface area (Å²) in [6.07, 6.45) is -1.49. The van der Waals surface area contributed by atoms with Gasteiger partial charge in [-0.1, -0.05) is 6.58 Å². The van der Waals surface area contributed by atoms with Crippen molar-refractivity contribution in [2.24, 2.45) is 0 Å². The summed E-state index contributed by atoms with van der Waals surface area (Å²) in [5.74, 6) is 0.879. The maximum absolute atomic E-state index is 12.6. The van der Waals surface area contributed by atoms with E-state index < -0.39 is 11.7 Å². The van der Waals surface area contributed by atoms with Gasteiger partial charge in [-0.05, 0) is 36.4 Å². The Labute approximate surface area is 154 Å².